The molecular formula is C12H18N4O2. The van der Waals surface area contributed by atoms with Gasteiger partial charge in [0.15, 0.2) is 5.69 Å². The number of nitrogens with zero attached hydrogens (tertiary/aromatic N) is 2. The summed E-state index contributed by atoms with van der Waals surface area (Å²) < 4.78 is 5.71. The van der Waals surface area contributed by atoms with Crippen LogP contribution >= 0.6 is 0 Å². The van der Waals surface area contributed by atoms with Gasteiger partial charge in [0, 0.05) is 19.2 Å². The molecule has 0 saturated heterocycles. The van der Waals surface area contributed by atoms with Gasteiger partial charge in [0.2, 0.25) is 5.88 Å². The van der Waals surface area contributed by atoms with Crippen LogP contribution in [-0.4, -0.2) is 35.3 Å². The van der Waals surface area contributed by atoms with Crippen molar-refractivity contribution in [1.29, 1.82) is 0 Å². The molecular weight excluding hydrogens is 232 g/mol. The quantitative estimate of drug-likeness (QED) is 0.814. The molecule has 0 radical (unpaired) electrons. The smallest absolute Gasteiger partial charge is 0.271 e. The number of ether oxygens (including phenoxy) is 1. The molecule has 98 valence electrons. The van der Waals surface area contributed by atoms with E-state index >= 15 is 0 Å². The molecule has 0 aromatic carbocycles. The monoisotopic (exact) mass is 250 g/mol. The minimum Gasteiger partial charge on any atom is -0.473 e. The van der Waals surface area contributed by atoms with Gasteiger partial charge in [-0.1, -0.05) is 0 Å². The van der Waals surface area contributed by atoms with Crippen molar-refractivity contribution in [3.05, 3.63) is 17.8 Å². The fourth-order valence-electron chi connectivity index (χ4n) is 2.01. The zero-order valence-electron chi connectivity index (χ0n) is 10.4. The standard InChI is InChI=1S/C12H18N4O2/c1-14-12(17)10-6-7-11(16-15-10)18-9-4-2-8(13)3-5-9/h6-9H,2-5,13H2,1H3,(H,14,17). The van der Waals surface area contributed by atoms with Crippen LogP contribution in [0, 0.1) is 0 Å². The fraction of sp³-hybridized carbons (Fsp3) is 0.583. The first-order valence-electron chi connectivity index (χ1n) is 6.17. The average Bonchev–Trinajstić information content (AvgIpc) is 2.41. The summed E-state index contributed by atoms with van der Waals surface area (Å²) in [6, 6.07) is 3.58. The van der Waals surface area contributed by atoms with Crippen molar-refractivity contribution in [2.45, 2.75) is 37.8 Å². The molecule has 0 spiro atoms. The van der Waals surface area contributed by atoms with Crippen LogP contribution in [0.4, 0.5) is 0 Å². The minimum atomic E-state index is -0.252. The zero-order valence-corrected chi connectivity index (χ0v) is 10.4. The van der Waals surface area contributed by atoms with Gasteiger partial charge in [0.25, 0.3) is 5.91 Å². The first-order chi connectivity index (χ1) is 8.69. The Labute approximate surface area is 106 Å². The number of nitrogens with one attached hydrogen (secondary N) is 1. The van der Waals surface area contributed by atoms with Crippen molar-refractivity contribution >= 4 is 5.91 Å². The number of hydrogen-bond acceptors (Lipinski definition) is 5. The molecule has 1 aliphatic rings. The van der Waals surface area contributed by atoms with E-state index in [0.29, 0.717) is 11.9 Å². The van der Waals surface area contributed by atoms with Gasteiger partial charge in [0.05, 0.1) is 0 Å². The minimum absolute atomic E-state index is 0.157. The molecule has 6 heteroatoms. The third-order valence-electron chi connectivity index (χ3n) is 3.11. The SMILES string of the molecule is CNC(=O)c1ccc(OC2CCC(N)CC2)nn1. The van der Waals surface area contributed by atoms with Crippen molar-refractivity contribution in [1.82, 2.24) is 15.5 Å². The van der Waals surface area contributed by atoms with Gasteiger partial charge in [-0.3, -0.25) is 4.79 Å². The Kier molecular flexibility index (Phi) is 4.09. The molecule has 0 bridgehead atoms. The third-order valence-corrected chi connectivity index (χ3v) is 3.11. The lowest BCUT2D eigenvalue weighted by Crippen LogP contribution is -2.31. The van der Waals surface area contributed by atoms with Crippen molar-refractivity contribution < 1.29 is 9.53 Å². The molecule has 1 aromatic heterocycles. The Morgan fingerprint density at radius 2 is 2.06 bits per heavy atom. The van der Waals surface area contributed by atoms with Crippen LogP contribution in [0.25, 0.3) is 0 Å². The molecule has 0 aliphatic heterocycles. The van der Waals surface area contributed by atoms with Crippen LogP contribution in [0.15, 0.2) is 12.1 Å². The lowest BCUT2D eigenvalue weighted by Gasteiger charge is -2.26. The summed E-state index contributed by atoms with van der Waals surface area (Å²) in [5, 5.41) is 10.2. The lowest BCUT2D eigenvalue weighted by atomic mass is 9.94. The molecule has 1 aromatic rings. The van der Waals surface area contributed by atoms with Crippen LogP contribution < -0.4 is 15.8 Å². The summed E-state index contributed by atoms with van der Waals surface area (Å²) in [6.07, 6.45) is 4.01. The molecule has 6 nitrogen and oxygen atoms in total. The lowest BCUT2D eigenvalue weighted by molar-refractivity contribution is 0.0956. The predicted molar refractivity (Wildman–Crippen MR) is 66.3 cm³/mol. The van der Waals surface area contributed by atoms with Gasteiger partial charge in [-0.2, -0.15) is 0 Å². The molecule has 2 rings (SSSR count). The van der Waals surface area contributed by atoms with E-state index in [0.717, 1.165) is 25.7 Å². The summed E-state index contributed by atoms with van der Waals surface area (Å²) in [5.74, 6) is 0.209. The molecule has 18 heavy (non-hydrogen) atoms. The second-order valence-corrected chi connectivity index (χ2v) is 4.49. The Morgan fingerprint density at radius 1 is 1.33 bits per heavy atom. The Morgan fingerprint density at radius 3 is 2.61 bits per heavy atom. The normalized spacial score (nSPS) is 23.4. The van der Waals surface area contributed by atoms with Crippen molar-refractivity contribution in [2.24, 2.45) is 5.73 Å². The molecule has 1 fully saturated rings. The van der Waals surface area contributed by atoms with Crippen molar-refractivity contribution in [3.8, 4) is 5.88 Å². The van der Waals surface area contributed by atoms with Crippen LogP contribution in [0.1, 0.15) is 36.2 Å². The highest BCUT2D eigenvalue weighted by Crippen LogP contribution is 2.21. The molecule has 3 N–H and O–H groups in total. The number of nitrogens with two attached hydrogens (primary N) is 1. The van der Waals surface area contributed by atoms with E-state index in [1.165, 1.54) is 0 Å². The van der Waals surface area contributed by atoms with E-state index in [1.807, 2.05) is 0 Å². The Bertz CT molecular complexity index is 399. The molecule has 0 atom stereocenters. The Balaban J connectivity index is 1.92. The molecule has 1 saturated carbocycles. The highest BCUT2D eigenvalue weighted by atomic mass is 16.5. The van der Waals surface area contributed by atoms with Gasteiger partial charge in [-0.15, -0.1) is 10.2 Å². The van der Waals surface area contributed by atoms with Crippen LogP contribution in [0.2, 0.25) is 0 Å². The number of amides is 1. The zero-order chi connectivity index (χ0) is 13.0. The van der Waals surface area contributed by atoms with Crippen molar-refractivity contribution in [3.63, 3.8) is 0 Å². The predicted octanol–water partition coefficient (Wildman–Crippen LogP) is 0.485. The average molecular weight is 250 g/mol. The van der Waals surface area contributed by atoms with E-state index in [4.69, 9.17) is 10.5 Å². The first kappa shape index (κ1) is 12.8. The maximum atomic E-state index is 11.3. The molecule has 0 unspecified atom stereocenters. The van der Waals surface area contributed by atoms with Crippen LogP contribution in [0.5, 0.6) is 5.88 Å². The summed E-state index contributed by atoms with van der Waals surface area (Å²) in [4.78, 5) is 11.3. The summed E-state index contributed by atoms with van der Waals surface area (Å²) >= 11 is 0. The summed E-state index contributed by atoms with van der Waals surface area (Å²) in [7, 11) is 1.56. The second kappa shape index (κ2) is 5.77. The maximum Gasteiger partial charge on any atom is 0.271 e. The first-order valence-corrected chi connectivity index (χ1v) is 6.17. The topological polar surface area (TPSA) is 90.1 Å². The van der Waals surface area contributed by atoms with E-state index in [9.17, 15) is 4.79 Å². The highest BCUT2D eigenvalue weighted by Gasteiger charge is 2.20. The number of hydrogen-bond donors (Lipinski definition) is 2. The fourth-order valence-corrected chi connectivity index (χ4v) is 2.01. The van der Waals surface area contributed by atoms with E-state index in [-0.39, 0.29) is 17.7 Å². The van der Waals surface area contributed by atoms with E-state index in [2.05, 4.69) is 15.5 Å². The number of carbonyl (C=O) groups excluding carboxylic acids is 1. The van der Waals surface area contributed by atoms with Crippen LogP contribution in [-0.2, 0) is 0 Å². The molecule has 1 heterocycles. The van der Waals surface area contributed by atoms with E-state index < -0.39 is 0 Å². The second-order valence-electron chi connectivity index (χ2n) is 4.49. The van der Waals surface area contributed by atoms with Crippen molar-refractivity contribution in [2.75, 3.05) is 7.05 Å². The number of carbonyl (C=O) groups is 1. The van der Waals surface area contributed by atoms with Gasteiger partial charge < -0.3 is 15.8 Å². The maximum absolute atomic E-state index is 11.3. The number of aromatic nitrogens is 2. The third kappa shape index (κ3) is 3.16. The largest absolute Gasteiger partial charge is 0.473 e. The summed E-state index contributed by atoms with van der Waals surface area (Å²) in [5.41, 5.74) is 6.12. The molecule has 1 amide bonds. The van der Waals surface area contributed by atoms with Gasteiger partial charge in [-0.05, 0) is 31.7 Å². The van der Waals surface area contributed by atoms with Gasteiger partial charge >= 0.3 is 0 Å². The van der Waals surface area contributed by atoms with E-state index in [1.54, 1.807) is 19.2 Å². The number of rotatable bonds is 3. The highest BCUT2D eigenvalue weighted by molar-refractivity contribution is 5.91. The van der Waals surface area contributed by atoms with Crippen LogP contribution in [0.3, 0.4) is 0 Å². The van der Waals surface area contributed by atoms with Gasteiger partial charge in [-0.25, -0.2) is 0 Å². The van der Waals surface area contributed by atoms with Gasteiger partial charge in [0.1, 0.15) is 6.10 Å². The summed E-state index contributed by atoms with van der Waals surface area (Å²) in [6.45, 7) is 0. The Hall–Kier alpha value is -1.69. The molecule has 1 aliphatic carbocycles.